The number of fused-ring (bicyclic) bond motifs is 1. The molecule has 1 aromatic carbocycles. The van der Waals surface area contributed by atoms with E-state index in [2.05, 4.69) is 12.2 Å². The van der Waals surface area contributed by atoms with Gasteiger partial charge in [0.1, 0.15) is 0 Å². The first kappa shape index (κ1) is 15.5. The monoisotopic (exact) mass is 285 g/mol. The SMILES string of the molecule is CCCCCCC1=C(C(=O)NCC)C(=O)c2ccccc21. The highest BCUT2D eigenvalue weighted by Gasteiger charge is 2.32. The zero-order valence-corrected chi connectivity index (χ0v) is 12.9. The number of rotatable bonds is 7. The van der Waals surface area contributed by atoms with Gasteiger partial charge in [-0.15, -0.1) is 0 Å². The van der Waals surface area contributed by atoms with Gasteiger partial charge in [-0.1, -0.05) is 50.5 Å². The van der Waals surface area contributed by atoms with Gasteiger partial charge in [-0.2, -0.15) is 0 Å². The molecule has 0 bridgehead atoms. The molecule has 1 aromatic rings. The maximum Gasteiger partial charge on any atom is 0.255 e. The first-order valence-corrected chi connectivity index (χ1v) is 7.86. The van der Waals surface area contributed by atoms with E-state index < -0.39 is 0 Å². The van der Waals surface area contributed by atoms with Gasteiger partial charge < -0.3 is 5.32 Å². The molecule has 3 heteroatoms. The lowest BCUT2D eigenvalue weighted by Gasteiger charge is -2.07. The summed E-state index contributed by atoms with van der Waals surface area (Å²) in [5.74, 6) is -0.355. The quantitative estimate of drug-likeness (QED) is 0.612. The highest BCUT2D eigenvalue weighted by atomic mass is 16.2. The van der Waals surface area contributed by atoms with Gasteiger partial charge in [0.2, 0.25) is 0 Å². The molecular formula is C18H23NO2. The average Bonchev–Trinajstić information content (AvgIpc) is 2.77. The Balaban J connectivity index is 2.29. The van der Waals surface area contributed by atoms with E-state index in [0.29, 0.717) is 17.7 Å². The maximum atomic E-state index is 12.5. The first-order valence-electron chi connectivity index (χ1n) is 7.86. The largest absolute Gasteiger partial charge is 0.352 e. The molecule has 0 unspecified atom stereocenters. The minimum atomic E-state index is -0.232. The summed E-state index contributed by atoms with van der Waals surface area (Å²) in [6, 6.07) is 7.55. The average molecular weight is 285 g/mol. The maximum absolute atomic E-state index is 12.5. The van der Waals surface area contributed by atoms with Gasteiger partial charge in [0.25, 0.3) is 5.91 Å². The molecule has 0 aromatic heterocycles. The smallest absolute Gasteiger partial charge is 0.255 e. The standard InChI is InChI=1S/C18H23NO2/c1-3-5-6-7-11-14-13-10-8-9-12-15(13)17(20)16(14)18(21)19-4-2/h8-10,12H,3-7,11H2,1-2H3,(H,19,21). The molecule has 1 N–H and O–H groups in total. The third kappa shape index (κ3) is 3.23. The van der Waals surface area contributed by atoms with Crippen LogP contribution in [0.1, 0.15) is 61.9 Å². The number of unbranched alkanes of at least 4 members (excludes halogenated alkanes) is 3. The highest BCUT2D eigenvalue weighted by molar-refractivity contribution is 6.34. The summed E-state index contributed by atoms with van der Waals surface area (Å²) in [7, 11) is 0. The van der Waals surface area contributed by atoms with Crippen molar-refractivity contribution in [2.75, 3.05) is 6.54 Å². The lowest BCUT2D eigenvalue weighted by molar-refractivity contribution is -0.117. The van der Waals surface area contributed by atoms with Gasteiger partial charge in [0.15, 0.2) is 5.78 Å². The van der Waals surface area contributed by atoms with Crippen LogP contribution in [0.4, 0.5) is 0 Å². The molecule has 0 radical (unpaired) electrons. The van der Waals surface area contributed by atoms with Crippen molar-refractivity contribution in [2.45, 2.75) is 46.0 Å². The summed E-state index contributed by atoms with van der Waals surface area (Å²) >= 11 is 0. The summed E-state index contributed by atoms with van der Waals surface area (Å²) in [6.45, 7) is 4.58. The van der Waals surface area contributed by atoms with Gasteiger partial charge in [0.05, 0.1) is 5.57 Å². The minimum absolute atomic E-state index is 0.123. The first-order chi connectivity index (χ1) is 10.2. The molecule has 0 saturated heterocycles. The second kappa shape index (κ2) is 7.21. The van der Waals surface area contributed by atoms with Crippen LogP contribution in [0.3, 0.4) is 0 Å². The third-order valence-electron chi connectivity index (χ3n) is 3.87. The fourth-order valence-electron chi connectivity index (χ4n) is 2.83. The molecule has 1 aliphatic carbocycles. The Morgan fingerprint density at radius 1 is 1.05 bits per heavy atom. The van der Waals surface area contributed by atoms with Crippen molar-refractivity contribution < 1.29 is 9.59 Å². The topological polar surface area (TPSA) is 46.2 Å². The number of nitrogens with one attached hydrogen (secondary N) is 1. The van der Waals surface area contributed by atoms with Crippen molar-refractivity contribution in [2.24, 2.45) is 0 Å². The fraction of sp³-hybridized carbons (Fsp3) is 0.444. The molecule has 0 aliphatic heterocycles. The Morgan fingerprint density at radius 3 is 2.43 bits per heavy atom. The molecule has 1 amide bonds. The van der Waals surface area contributed by atoms with Gasteiger partial charge in [-0.25, -0.2) is 0 Å². The lowest BCUT2D eigenvalue weighted by atomic mass is 9.98. The number of allylic oxidation sites excluding steroid dienone is 1. The zero-order valence-electron chi connectivity index (χ0n) is 12.9. The van der Waals surface area contributed by atoms with Crippen molar-refractivity contribution in [3.63, 3.8) is 0 Å². The molecule has 0 atom stereocenters. The van der Waals surface area contributed by atoms with Gasteiger partial charge in [-0.3, -0.25) is 9.59 Å². The molecule has 0 heterocycles. The van der Waals surface area contributed by atoms with Crippen LogP contribution >= 0.6 is 0 Å². The Bertz CT molecular complexity index is 572. The van der Waals surface area contributed by atoms with E-state index in [1.807, 2.05) is 31.2 Å². The van der Waals surface area contributed by atoms with E-state index in [-0.39, 0.29) is 11.7 Å². The van der Waals surface area contributed by atoms with Crippen molar-refractivity contribution >= 4 is 17.3 Å². The Morgan fingerprint density at radius 2 is 1.76 bits per heavy atom. The Kier molecular flexibility index (Phi) is 5.32. The summed E-state index contributed by atoms with van der Waals surface area (Å²) in [6.07, 6.45) is 5.33. The van der Waals surface area contributed by atoms with Crippen molar-refractivity contribution in [3.8, 4) is 0 Å². The number of hydrogen-bond acceptors (Lipinski definition) is 2. The summed E-state index contributed by atoms with van der Waals surface area (Å²) < 4.78 is 0. The van der Waals surface area contributed by atoms with E-state index in [4.69, 9.17) is 0 Å². The molecule has 3 nitrogen and oxygen atoms in total. The van der Waals surface area contributed by atoms with Gasteiger partial charge in [0, 0.05) is 12.1 Å². The number of carbonyl (C=O) groups is 2. The van der Waals surface area contributed by atoms with E-state index in [1.165, 1.54) is 12.8 Å². The normalized spacial score (nSPS) is 13.5. The predicted molar refractivity (Wildman–Crippen MR) is 85.1 cm³/mol. The molecule has 1 aliphatic rings. The van der Waals surface area contributed by atoms with E-state index in [1.54, 1.807) is 0 Å². The number of benzene rings is 1. The molecule has 0 saturated carbocycles. The van der Waals surface area contributed by atoms with Crippen LogP contribution in [-0.4, -0.2) is 18.2 Å². The Labute approximate surface area is 126 Å². The molecule has 112 valence electrons. The number of hydrogen-bond donors (Lipinski definition) is 1. The zero-order chi connectivity index (χ0) is 15.2. The number of carbonyl (C=O) groups excluding carboxylic acids is 2. The van der Waals surface area contributed by atoms with Crippen molar-refractivity contribution in [1.29, 1.82) is 0 Å². The minimum Gasteiger partial charge on any atom is -0.352 e. The second-order valence-corrected chi connectivity index (χ2v) is 5.40. The van der Waals surface area contributed by atoms with E-state index in [9.17, 15) is 9.59 Å². The molecular weight excluding hydrogens is 262 g/mol. The van der Waals surface area contributed by atoms with Crippen LogP contribution in [0.5, 0.6) is 0 Å². The van der Waals surface area contributed by atoms with Crippen LogP contribution in [0, 0.1) is 0 Å². The molecule has 0 spiro atoms. The van der Waals surface area contributed by atoms with Crippen LogP contribution in [0.25, 0.3) is 5.57 Å². The number of Topliss-reactive ketones (excluding diaryl/α,β-unsaturated/α-hetero) is 1. The fourth-order valence-corrected chi connectivity index (χ4v) is 2.83. The summed E-state index contributed by atoms with van der Waals surface area (Å²) in [5.41, 5.74) is 2.90. The predicted octanol–water partition coefficient (Wildman–Crippen LogP) is 3.74. The summed E-state index contributed by atoms with van der Waals surface area (Å²) in [5, 5.41) is 2.77. The number of amides is 1. The molecule has 0 fully saturated rings. The van der Waals surface area contributed by atoms with Crippen LogP contribution < -0.4 is 5.32 Å². The van der Waals surface area contributed by atoms with Crippen LogP contribution in [0.2, 0.25) is 0 Å². The van der Waals surface area contributed by atoms with E-state index >= 15 is 0 Å². The third-order valence-corrected chi connectivity index (χ3v) is 3.87. The van der Waals surface area contributed by atoms with E-state index in [0.717, 1.165) is 30.4 Å². The highest BCUT2D eigenvalue weighted by Crippen LogP contribution is 2.36. The lowest BCUT2D eigenvalue weighted by Crippen LogP contribution is -2.27. The molecule has 2 rings (SSSR count). The number of likely N-dealkylation sites (N-methyl/N-ethyl adjacent to an activating group) is 1. The molecule has 21 heavy (non-hydrogen) atoms. The van der Waals surface area contributed by atoms with Gasteiger partial charge >= 0.3 is 0 Å². The Hall–Kier alpha value is -1.90. The van der Waals surface area contributed by atoms with Gasteiger partial charge in [-0.05, 0) is 30.9 Å². The van der Waals surface area contributed by atoms with Crippen LogP contribution in [0.15, 0.2) is 29.8 Å². The van der Waals surface area contributed by atoms with Crippen molar-refractivity contribution in [1.82, 2.24) is 5.32 Å². The van der Waals surface area contributed by atoms with Crippen LogP contribution in [-0.2, 0) is 4.79 Å². The van der Waals surface area contributed by atoms with Crippen molar-refractivity contribution in [3.05, 3.63) is 41.0 Å². The second-order valence-electron chi connectivity index (χ2n) is 5.40. The number of ketones is 1. The summed E-state index contributed by atoms with van der Waals surface area (Å²) in [4.78, 5) is 24.7.